The Morgan fingerprint density at radius 2 is 2.28 bits per heavy atom. The number of anilines is 1. The van der Waals surface area contributed by atoms with E-state index in [-0.39, 0.29) is 11.8 Å². The Morgan fingerprint density at radius 1 is 1.50 bits per heavy atom. The van der Waals surface area contributed by atoms with E-state index in [0.717, 1.165) is 10.7 Å². The van der Waals surface area contributed by atoms with E-state index in [4.69, 9.17) is 5.73 Å². The third-order valence-corrected chi connectivity index (χ3v) is 3.04. The van der Waals surface area contributed by atoms with Crippen molar-refractivity contribution in [2.75, 3.05) is 5.32 Å². The second-order valence-corrected chi connectivity index (χ2v) is 4.73. The molecule has 0 saturated heterocycles. The van der Waals surface area contributed by atoms with E-state index in [9.17, 15) is 4.39 Å². The first-order valence-electron chi connectivity index (χ1n) is 5.37. The number of thiazole rings is 1. The molecule has 3 N–H and O–H groups in total. The van der Waals surface area contributed by atoms with Gasteiger partial charge in [0.05, 0.1) is 22.9 Å². The van der Waals surface area contributed by atoms with Crippen LogP contribution >= 0.6 is 11.3 Å². The highest BCUT2D eigenvalue weighted by Gasteiger charge is 2.02. The minimum Gasteiger partial charge on any atom is -0.370 e. The molecule has 2 aromatic rings. The van der Waals surface area contributed by atoms with Crippen LogP contribution in [0.3, 0.4) is 0 Å². The first kappa shape index (κ1) is 12.5. The van der Waals surface area contributed by atoms with E-state index < -0.39 is 0 Å². The topological polar surface area (TPSA) is 63.3 Å². The molecule has 0 saturated carbocycles. The van der Waals surface area contributed by atoms with Crippen molar-refractivity contribution in [3.8, 4) is 0 Å². The summed E-state index contributed by atoms with van der Waals surface area (Å²) in [5.74, 6) is -0.189. The van der Waals surface area contributed by atoms with Crippen molar-refractivity contribution in [2.24, 2.45) is 10.7 Å². The lowest BCUT2D eigenvalue weighted by Gasteiger charge is -2.05. The number of hydrogen-bond donors (Lipinski definition) is 2. The molecule has 0 atom stereocenters. The van der Waals surface area contributed by atoms with Gasteiger partial charge in [-0.05, 0) is 19.1 Å². The van der Waals surface area contributed by atoms with E-state index in [1.54, 1.807) is 29.5 Å². The molecular formula is C12H13FN4S. The first-order chi connectivity index (χ1) is 8.65. The summed E-state index contributed by atoms with van der Waals surface area (Å²) in [6.45, 7) is 2.32. The maximum absolute atomic E-state index is 13.3. The van der Waals surface area contributed by atoms with Gasteiger partial charge < -0.3 is 11.1 Å². The van der Waals surface area contributed by atoms with Gasteiger partial charge in [-0.25, -0.2) is 14.4 Å². The Balaban J connectivity index is 1.99. The van der Waals surface area contributed by atoms with Crippen LogP contribution in [0.15, 0.2) is 34.6 Å². The molecular weight excluding hydrogens is 251 g/mol. The number of para-hydroxylation sites is 1. The summed E-state index contributed by atoms with van der Waals surface area (Å²) in [5, 5.41) is 5.63. The monoisotopic (exact) mass is 264 g/mol. The number of hydrogen-bond acceptors (Lipinski definition) is 3. The van der Waals surface area contributed by atoms with Crippen LogP contribution in [0.25, 0.3) is 0 Å². The predicted molar refractivity (Wildman–Crippen MR) is 72.2 cm³/mol. The van der Waals surface area contributed by atoms with E-state index in [1.165, 1.54) is 6.07 Å². The van der Waals surface area contributed by atoms with Gasteiger partial charge in [-0.3, -0.25) is 0 Å². The molecule has 4 nitrogen and oxygen atoms in total. The van der Waals surface area contributed by atoms with Crippen LogP contribution in [0.5, 0.6) is 0 Å². The highest BCUT2D eigenvalue weighted by atomic mass is 32.1. The largest absolute Gasteiger partial charge is 0.370 e. The van der Waals surface area contributed by atoms with Gasteiger partial charge in [-0.2, -0.15) is 0 Å². The summed E-state index contributed by atoms with van der Waals surface area (Å²) < 4.78 is 13.3. The highest BCUT2D eigenvalue weighted by Crippen LogP contribution is 2.12. The second kappa shape index (κ2) is 5.59. The van der Waals surface area contributed by atoms with E-state index in [0.29, 0.717) is 12.2 Å². The Kier molecular flexibility index (Phi) is 3.88. The van der Waals surface area contributed by atoms with Gasteiger partial charge in [0.15, 0.2) is 5.96 Å². The number of aliphatic imine (C=N–C) groups is 1. The predicted octanol–water partition coefficient (Wildman–Crippen LogP) is 2.52. The third kappa shape index (κ3) is 3.27. The zero-order valence-electron chi connectivity index (χ0n) is 9.85. The Morgan fingerprint density at radius 3 is 2.94 bits per heavy atom. The van der Waals surface area contributed by atoms with Crippen molar-refractivity contribution in [3.63, 3.8) is 0 Å². The molecule has 0 unspecified atom stereocenters. The van der Waals surface area contributed by atoms with Crippen molar-refractivity contribution in [3.05, 3.63) is 46.2 Å². The molecule has 0 aliphatic heterocycles. The molecule has 0 amide bonds. The third-order valence-electron chi connectivity index (χ3n) is 2.21. The zero-order valence-corrected chi connectivity index (χ0v) is 10.7. The van der Waals surface area contributed by atoms with Crippen LogP contribution in [0, 0.1) is 12.7 Å². The lowest BCUT2D eigenvalue weighted by molar-refractivity contribution is 0.632. The Hall–Kier alpha value is -1.95. The number of benzene rings is 1. The molecule has 0 bridgehead atoms. The van der Waals surface area contributed by atoms with Gasteiger partial charge in [-0.15, -0.1) is 11.3 Å². The molecule has 6 heteroatoms. The molecule has 18 heavy (non-hydrogen) atoms. The first-order valence-corrected chi connectivity index (χ1v) is 6.25. The molecule has 0 aliphatic rings. The fourth-order valence-corrected chi connectivity index (χ4v) is 1.99. The van der Waals surface area contributed by atoms with Crippen LogP contribution in [0.1, 0.15) is 10.7 Å². The molecule has 0 radical (unpaired) electrons. The maximum Gasteiger partial charge on any atom is 0.193 e. The smallest absolute Gasteiger partial charge is 0.193 e. The molecule has 0 fully saturated rings. The van der Waals surface area contributed by atoms with Crippen molar-refractivity contribution in [1.82, 2.24) is 4.98 Å². The van der Waals surface area contributed by atoms with Gasteiger partial charge in [0, 0.05) is 5.38 Å². The molecule has 2 rings (SSSR count). The summed E-state index contributed by atoms with van der Waals surface area (Å²) >= 11 is 1.56. The summed E-state index contributed by atoms with van der Waals surface area (Å²) in [7, 11) is 0. The number of rotatable bonds is 3. The van der Waals surface area contributed by atoms with Gasteiger partial charge in [0.1, 0.15) is 5.82 Å². The number of aromatic nitrogens is 1. The molecule has 1 aromatic heterocycles. The number of aryl methyl sites for hydroxylation is 1. The lowest BCUT2D eigenvalue weighted by Crippen LogP contribution is -2.23. The van der Waals surface area contributed by atoms with Crippen LogP contribution in [-0.2, 0) is 6.54 Å². The average Bonchev–Trinajstić information content (AvgIpc) is 2.76. The van der Waals surface area contributed by atoms with Crippen LogP contribution in [0.2, 0.25) is 0 Å². The van der Waals surface area contributed by atoms with Gasteiger partial charge in [0.25, 0.3) is 0 Å². The standard InChI is InChI=1S/C12H13FN4S/c1-8-16-9(7-18-8)6-15-12(14)17-11-5-3-2-4-10(11)13/h2-5,7H,6H2,1H3,(H3,14,15,17). The van der Waals surface area contributed by atoms with E-state index >= 15 is 0 Å². The summed E-state index contributed by atoms with van der Waals surface area (Å²) in [6, 6.07) is 6.30. The summed E-state index contributed by atoms with van der Waals surface area (Å²) in [4.78, 5) is 8.37. The van der Waals surface area contributed by atoms with Crippen LogP contribution in [0.4, 0.5) is 10.1 Å². The zero-order chi connectivity index (χ0) is 13.0. The fourth-order valence-electron chi connectivity index (χ4n) is 1.39. The number of halogens is 1. The van der Waals surface area contributed by atoms with Crippen molar-refractivity contribution < 1.29 is 4.39 Å². The van der Waals surface area contributed by atoms with Gasteiger partial charge >= 0.3 is 0 Å². The van der Waals surface area contributed by atoms with Crippen LogP contribution in [-0.4, -0.2) is 10.9 Å². The quantitative estimate of drug-likeness (QED) is 0.661. The van der Waals surface area contributed by atoms with Gasteiger partial charge in [-0.1, -0.05) is 12.1 Å². The van der Waals surface area contributed by atoms with E-state index in [1.807, 2.05) is 12.3 Å². The molecule has 0 spiro atoms. The summed E-state index contributed by atoms with van der Waals surface area (Å²) in [5.41, 5.74) is 6.85. The maximum atomic E-state index is 13.3. The minimum atomic E-state index is -0.361. The Bertz CT molecular complexity index is 565. The Labute approximate surface area is 108 Å². The normalized spacial score (nSPS) is 11.6. The van der Waals surface area contributed by atoms with E-state index in [2.05, 4.69) is 15.3 Å². The molecule has 1 heterocycles. The number of nitrogens with zero attached hydrogens (tertiary/aromatic N) is 2. The minimum absolute atomic E-state index is 0.172. The number of guanidine groups is 1. The second-order valence-electron chi connectivity index (χ2n) is 3.66. The molecule has 94 valence electrons. The van der Waals surface area contributed by atoms with Crippen LogP contribution < -0.4 is 11.1 Å². The van der Waals surface area contributed by atoms with Crippen molar-refractivity contribution in [1.29, 1.82) is 0 Å². The van der Waals surface area contributed by atoms with Gasteiger partial charge in [0.2, 0.25) is 0 Å². The number of nitrogens with two attached hydrogens (primary N) is 1. The van der Waals surface area contributed by atoms with Crippen molar-refractivity contribution >= 4 is 23.0 Å². The highest BCUT2D eigenvalue weighted by molar-refractivity contribution is 7.09. The number of nitrogens with one attached hydrogen (secondary N) is 1. The lowest BCUT2D eigenvalue weighted by atomic mass is 10.3. The van der Waals surface area contributed by atoms with Crippen molar-refractivity contribution in [2.45, 2.75) is 13.5 Å². The summed E-state index contributed by atoms with van der Waals surface area (Å²) in [6.07, 6.45) is 0. The fraction of sp³-hybridized carbons (Fsp3) is 0.167. The SMILES string of the molecule is Cc1nc(CN=C(N)Nc2ccccc2F)cs1. The average molecular weight is 264 g/mol. The molecule has 0 aliphatic carbocycles. The molecule has 1 aromatic carbocycles.